The van der Waals surface area contributed by atoms with Gasteiger partial charge in [0.2, 0.25) is 0 Å². The van der Waals surface area contributed by atoms with E-state index in [1.54, 1.807) is 0 Å². The molecule has 2 aromatic rings. The maximum Gasteiger partial charge on any atom is 0.191 e. The van der Waals surface area contributed by atoms with Crippen LogP contribution >= 0.6 is 0 Å². The molecule has 1 fully saturated rings. The molecule has 0 spiro atoms. The summed E-state index contributed by atoms with van der Waals surface area (Å²) in [5.74, 6) is 1.87. The first-order valence-electron chi connectivity index (χ1n) is 9.70. The lowest BCUT2D eigenvalue weighted by molar-refractivity contribution is -0.00833. The predicted molar refractivity (Wildman–Crippen MR) is 110 cm³/mol. The van der Waals surface area contributed by atoms with Crippen molar-refractivity contribution in [3.05, 3.63) is 30.1 Å². The molecule has 1 saturated heterocycles. The Kier molecular flexibility index (Phi) is 6.34. The van der Waals surface area contributed by atoms with Crippen molar-refractivity contribution in [3.8, 4) is 0 Å². The highest BCUT2D eigenvalue weighted by molar-refractivity contribution is 5.79. The summed E-state index contributed by atoms with van der Waals surface area (Å²) in [5, 5.41) is 6.89. The summed E-state index contributed by atoms with van der Waals surface area (Å²) >= 11 is 0. The average Bonchev–Trinajstić information content (AvgIpc) is 3.00. The zero-order chi connectivity index (χ0) is 19.3. The van der Waals surface area contributed by atoms with E-state index >= 15 is 0 Å². The lowest BCUT2D eigenvalue weighted by atomic mass is 10.0. The van der Waals surface area contributed by atoms with Crippen molar-refractivity contribution >= 4 is 17.0 Å². The van der Waals surface area contributed by atoms with Crippen molar-refractivity contribution in [2.24, 2.45) is 4.99 Å². The van der Waals surface area contributed by atoms with Gasteiger partial charge in [-0.25, -0.2) is 4.98 Å². The molecule has 0 atom stereocenters. The molecule has 0 aliphatic carbocycles. The molecule has 0 amide bonds. The van der Waals surface area contributed by atoms with E-state index in [1.807, 2.05) is 13.1 Å². The van der Waals surface area contributed by atoms with E-state index in [9.17, 15) is 0 Å². The van der Waals surface area contributed by atoms with Crippen molar-refractivity contribution in [2.45, 2.75) is 32.9 Å². The van der Waals surface area contributed by atoms with E-state index in [4.69, 9.17) is 4.74 Å². The number of aromatic nitrogens is 2. The number of benzene rings is 1. The molecule has 0 saturated carbocycles. The number of imidazole rings is 1. The predicted octanol–water partition coefficient (Wildman–Crippen LogP) is 1.62. The number of nitrogens with one attached hydrogen (secondary N) is 2. The van der Waals surface area contributed by atoms with Crippen LogP contribution < -0.4 is 10.6 Å². The lowest BCUT2D eigenvalue weighted by Gasteiger charge is -2.41. The molecular formula is C20H32N6O. The van der Waals surface area contributed by atoms with Crippen LogP contribution in [0.1, 0.15) is 19.7 Å². The molecule has 1 aromatic carbocycles. The topological polar surface area (TPSA) is 66.7 Å². The molecule has 7 nitrogen and oxygen atoms in total. The van der Waals surface area contributed by atoms with Crippen molar-refractivity contribution in [3.63, 3.8) is 0 Å². The highest BCUT2D eigenvalue weighted by Crippen LogP contribution is 2.16. The van der Waals surface area contributed by atoms with Gasteiger partial charge in [-0.3, -0.25) is 9.89 Å². The third kappa shape index (κ3) is 4.78. The zero-order valence-corrected chi connectivity index (χ0v) is 17.0. The second-order valence-corrected chi connectivity index (χ2v) is 7.56. The average molecular weight is 373 g/mol. The van der Waals surface area contributed by atoms with E-state index in [0.29, 0.717) is 0 Å². The Hall–Kier alpha value is -2.12. The molecule has 27 heavy (non-hydrogen) atoms. The van der Waals surface area contributed by atoms with E-state index in [2.05, 4.69) is 69.0 Å². The summed E-state index contributed by atoms with van der Waals surface area (Å²) in [7, 11) is 1.81. The van der Waals surface area contributed by atoms with Crippen LogP contribution in [0.5, 0.6) is 0 Å². The van der Waals surface area contributed by atoms with E-state index < -0.39 is 0 Å². The Morgan fingerprint density at radius 2 is 1.96 bits per heavy atom. The SMILES string of the molecule is CN=C(NCCn1c(C)nc2ccccc21)NCC(C)(C)N1CCOCC1. The molecular weight excluding hydrogens is 340 g/mol. The number of hydrogen-bond donors (Lipinski definition) is 2. The fourth-order valence-corrected chi connectivity index (χ4v) is 3.57. The van der Waals surface area contributed by atoms with Crippen molar-refractivity contribution in [1.29, 1.82) is 0 Å². The molecule has 0 bridgehead atoms. The number of rotatable bonds is 6. The largest absolute Gasteiger partial charge is 0.379 e. The molecule has 1 aromatic heterocycles. The van der Waals surface area contributed by atoms with Crippen LogP contribution in [0, 0.1) is 6.92 Å². The Labute approximate surface area is 161 Å². The molecule has 1 aliphatic rings. The summed E-state index contributed by atoms with van der Waals surface area (Å²) < 4.78 is 7.71. The summed E-state index contributed by atoms with van der Waals surface area (Å²) in [6, 6.07) is 8.26. The van der Waals surface area contributed by atoms with Crippen LogP contribution in [-0.4, -0.2) is 72.4 Å². The van der Waals surface area contributed by atoms with E-state index in [1.165, 1.54) is 5.52 Å². The Morgan fingerprint density at radius 1 is 1.22 bits per heavy atom. The summed E-state index contributed by atoms with van der Waals surface area (Å²) in [5.41, 5.74) is 2.27. The Morgan fingerprint density at radius 3 is 2.70 bits per heavy atom. The first-order valence-corrected chi connectivity index (χ1v) is 9.70. The molecule has 2 N–H and O–H groups in total. The number of hydrogen-bond acceptors (Lipinski definition) is 4. The lowest BCUT2D eigenvalue weighted by Crippen LogP contribution is -2.56. The number of aliphatic imine (C=N–C) groups is 1. The molecule has 0 radical (unpaired) electrons. The first-order chi connectivity index (χ1) is 13.0. The van der Waals surface area contributed by atoms with Crippen LogP contribution in [0.3, 0.4) is 0 Å². The van der Waals surface area contributed by atoms with Gasteiger partial charge in [0, 0.05) is 45.3 Å². The Bertz CT molecular complexity index is 776. The normalized spacial score (nSPS) is 16.7. The minimum atomic E-state index is 0.0541. The highest BCUT2D eigenvalue weighted by Gasteiger charge is 2.28. The highest BCUT2D eigenvalue weighted by atomic mass is 16.5. The second-order valence-electron chi connectivity index (χ2n) is 7.56. The van der Waals surface area contributed by atoms with Crippen molar-refractivity contribution < 1.29 is 4.74 Å². The number of para-hydroxylation sites is 2. The molecule has 2 heterocycles. The van der Waals surface area contributed by atoms with Gasteiger partial charge in [-0.2, -0.15) is 0 Å². The summed E-state index contributed by atoms with van der Waals surface area (Å²) in [6.45, 7) is 12.6. The number of morpholine rings is 1. The van der Waals surface area contributed by atoms with Crippen LogP contribution in [-0.2, 0) is 11.3 Å². The second kappa shape index (κ2) is 8.71. The first kappa shape index (κ1) is 19.6. The molecule has 0 unspecified atom stereocenters. The smallest absolute Gasteiger partial charge is 0.191 e. The fourth-order valence-electron chi connectivity index (χ4n) is 3.57. The van der Waals surface area contributed by atoms with Gasteiger partial charge in [-0.15, -0.1) is 0 Å². The van der Waals surface area contributed by atoms with Gasteiger partial charge in [0.1, 0.15) is 5.82 Å². The Balaban J connectivity index is 1.51. The number of fused-ring (bicyclic) bond motifs is 1. The molecule has 148 valence electrons. The third-order valence-electron chi connectivity index (χ3n) is 5.25. The van der Waals surface area contributed by atoms with Gasteiger partial charge in [-0.05, 0) is 32.9 Å². The van der Waals surface area contributed by atoms with E-state index in [0.717, 1.165) is 63.2 Å². The van der Waals surface area contributed by atoms with Gasteiger partial charge in [-0.1, -0.05) is 12.1 Å². The minimum Gasteiger partial charge on any atom is -0.379 e. The van der Waals surface area contributed by atoms with Gasteiger partial charge < -0.3 is 19.9 Å². The van der Waals surface area contributed by atoms with Crippen molar-refractivity contribution in [1.82, 2.24) is 25.1 Å². The van der Waals surface area contributed by atoms with Gasteiger partial charge >= 0.3 is 0 Å². The van der Waals surface area contributed by atoms with Gasteiger partial charge in [0.05, 0.1) is 24.2 Å². The maximum absolute atomic E-state index is 5.46. The number of nitrogens with zero attached hydrogens (tertiary/aromatic N) is 4. The quantitative estimate of drug-likeness (QED) is 0.596. The van der Waals surface area contributed by atoms with Crippen molar-refractivity contribution in [2.75, 3.05) is 46.4 Å². The molecule has 3 rings (SSSR count). The van der Waals surface area contributed by atoms with Gasteiger partial charge in [0.15, 0.2) is 5.96 Å². The minimum absolute atomic E-state index is 0.0541. The monoisotopic (exact) mass is 372 g/mol. The standard InChI is InChI=1S/C20H32N6O/c1-16-24-17-7-5-6-8-18(17)26(16)10-9-22-19(21-4)23-15-20(2,3)25-11-13-27-14-12-25/h5-8H,9-15H2,1-4H3,(H2,21,22,23). The number of aryl methyl sites for hydroxylation is 1. The molecule has 7 heteroatoms. The maximum atomic E-state index is 5.46. The van der Waals surface area contributed by atoms with Gasteiger partial charge in [0.25, 0.3) is 0 Å². The summed E-state index contributed by atoms with van der Waals surface area (Å²) in [4.78, 5) is 11.5. The molecule has 1 aliphatic heterocycles. The van der Waals surface area contributed by atoms with Crippen LogP contribution in [0.15, 0.2) is 29.3 Å². The van der Waals surface area contributed by atoms with Crippen LogP contribution in [0.4, 0.5) is 0 Å². The fraction of sp³-hybridized carbons (Fsp3) is 0.600. The van der Waals surface area contributed by atoms with Crippen LogP contribution in [0.25, 0.3) is 11.0 Å². The third-order valence-corrected chi connectivity index (χ3v) is 5.25. The van der Waals surface area contributed by atoms with E-state index in [-0.39, 0.29) is 5.54 Å². The number of ether oxygens (including phenoxy) is 1. The zero-order valence-electron chi connectivity index (χ0n) is 17.0. The number of guanidine groups is 1. The summed E-state index contributed by atoms with van der Waals surface area (Å²) in [6.07, 6.45) is 0. The van der Waals surface area contributed by atoms with Crippen LogP contribution in [0.2, 0.25) is 0 Å².